The van der Waals surface area contributed by atoms with Gasteiger partial charge in [0, 0.05) is 5.56 Å². The summed E-state index contributed by atoms with van der Waals surface area (Å²) < 4.78 is 13.4. The van der Waals surface area contributed by atoms with E-state index < -0.39 is 29.2 Å². The molecule has 0 saturated heterocycles. The van der Waals surface area contributed by atoms with Gasteiger partial charge in [0.15, 0.2) is 17.3 Å². The van der Waals surface area contributed by atoms with Gasteiger partial charge in [-0.25, -0.2) is 4.39 Å². The van der Waals surface area contributed by atoms with E-state index in [4.69, 9.17) is 5.11 Å². The van der Waals surface area contributed by atoms with Crippen molar-refractivity contribution in [3.05, 3.63) is 23.0 Å². The third kappa shape index (κ3) is 1.86. The molecule has 1 rings (SSSR count). The Balaban J connectivity index is 3.38. The van der Waals surface area contributed by atoms with Crippen molar-refractivity contribution in [2.75, 3.05) is 0 Å². The number of phenolic OH excluding ortho intramolecular Hbond substituents is 2. The molecular formula is C10H11FO4. The van der Waals surface area contributed by atoms with Gasteiger partial charge in [-0.1, -0.05) is 0 Å². The maximum atomic E-state index is 13.4. The van der Waals surface area contributed by atoms with Crippen LogP contribution in [0.3, 0.4) is 0 Å². The van der Waals surface area contributed by atoms with Crippen LogP contribution in [0.5, 0.6) is 11.5 Å². The molecule has 15 heavy (non-hydrogen) atoms. The van der Waals surface area contributed by atoms with Crippen LogP contribution in [0.15, 0.2) is 6.07 Å². The van der Waals surface area contributed by atoms with E-state index in [-0.39, 0.29) is 11.1 Å². The predicted molar refractivity (Wildman–Crippen MR) is 50.5 cm³/mol. The first-order chi connectivity index (χ1) is 6.86. The van der Waals surface area contributed by atoms with Gasteiger partial charge in [-0.2, -0.15) is 0 Å². The van der Waals surface area contributed by atoms with Crippen LogP contribution in [0.1, 0.15) is 24.0 Å². The molecule has 0 aliphatic rings. The second kappa shape index (κ2) is 3.76. The first kappa shape index (κ1) is 11.3. The lowest BCUT2D eigenvalue weighted by Crippen LogP contribution is -2.09. The zero-order chi connectivity index (χ0) is 11.7. The van der Waals surface area contributed by atoms with Gasteiger partial charge in [-0.15, -0.1) is 0 Å². The molecule has 0 radical (unpaired) electrons. The van der Waals surface area contributed by atoms with E-state index in [0.29, 0.717) is 0 Å². The molecule has 0 aromatic heterocycles. The van der Waals surface area contributed by atoms with Gasteiger partial charge in [-0.05, 0) is 25.5 Å². The van der Waals surface area contributed by atoms with Crippen molar-refractivity contribution in [3.63, 3.8) is 0 Å². The maximum absolute atomic E-state index is 13.4. The third-order valence-electron chi connectivity index (χ3n) is 2.27. The van der Waals surface area contributed by atoms with Gasteiger partial charge >= 0.3 is 5.97 Å². The Kier molecular flexibility index (Phi) is 2.83. The molecule has 0 aliphatic heterocycles. The van der Waals surface area contributed by atoms with Gasteiger partial charge in [0.05, 0.1) is 5.92 Å². The van der Waals surface area contributed by atoms with Gasteiger partial charge in [0.2, 0.25) is 0 Å². The second-order valence-corrected chi connectivity index (χ2v) is 3.35. The summed E-state index contributed by atoms with van der Waals surface area (Å²) in [5, 5.41) is 27.1. The zero-order valence-corrected chi connectivity index (χ0v) is 8.28. The quantitative estimate of drug-likeness (QED) is 0.655. The highest BCUT2D eigenvalue weighted by Gasteiger charge is 2.23. The molecule has 82 valence electrons. The number of hydrogen-bond acceptors (Lipinski definition) is 3. The molecule has 1 aromatic rings. The van der Waals surface area contributed by atoms with Crippen LogP contribution in [0.25, 0.3) is 0 Å². The molecule has 3 N–H and O–H groups in total. The fourth-order valence-corrected chi connectivity index (χ4v) is 1.24. The molecule has 1 aromatic carbocycles. The first-order valence-electron chi connectivity index (χ1n) is 4.30. The summed E-state index contributed by atoms with van der Waals surface area (Å²) >= 11 is 0. The van der Waals surface area contributed by atoms with Crippen molar-refractivity contribution in [3.8, 4) is 11.5 Å². The van der Waals surface area contributed by atoms with Crippen LogP contribution in [-0.4, -0.2) is 21.3 Å². The molecule has 1 unspecified atom stereocenters. The summed E-state index contributed by atoms with van der Waals surface area (Å²) in [6, 6.07) is 1.21. The van der Waals surface area contributed by atoms with E-state index in [2.05, 4.69) is 0 Å². The zero-order valence-electron chi connectivity index (χ0n) is 8.28. The number of hydrogen-bond donors (Lipinski definition) is 3. The Bertz CT molecular complexity index is 414. The molecule has 0 fully saturated rings. The molecular weight excluding hydrogens is 203 g/mol. The van der Waals surface area contributed by atoms with Crippen LogP contribution in [-0.2, 0) is 4.79 Å². The monoisotopic (exact) mass is 214 g/mol. The number of carboxylic acids is 1. The van der Waals surface area contributed by atoms with Gasteiger partial charge in [0.1, 0.15) is 0 Å². The van der Waals surface area contributed by atoms with Crippen molar-refractivity contribution in [1.29, 1.82) is 0 Å². The van der Waals surface area contributed by atoms with E-state index in [0.717, 1.165) is 0 Å². The highest BCUT2D eigenvalue weighted by atomic mass is 19.1. The fraction of sp³-hybridized carbons (Fsp3) is 0.300. The van der Waals surface area contributed by atoms with Crippen molar-refractivity contribution in [1.82, 2.24) is 0 Å². The van der Waals surface area contributed by atoms with Crippen molar-refractivity contribution in [2.45, 2.75) is 19.8 Å². The maximum Gasteiger partial charge on any atom is 0.310 e. The number of halogens is 1. The average molecular weight is 214 g/mol. The number of rotatable bonds is 2. The Hall–Kier alpha value is -1.78. The lowest BCUT2D eigenvalue weighted by Gasteiger charge is -2.11. The fourth-order valence-electron chi connectivity index (χ4n) is 1.24. The van der Waals surface area contributed by atoms with E-state index in [1.54, 1.807) is 0 Å². The predicted octanol–water partition coefficient (Wildman–Crippen LogP) is 1.73. The average Bonchev–Trinajstić information content (AvgIpc) is 2.19. The Labute approximate surface area is 85.6 Å². The van der Waals surface area contributed by atoms with E-state index in [1.165, 1.54) is 19.9 Å². The molecule has 0 spiro atoms. The largest absolute Gasteiger partial charge is 0.504 e. The van der Waals surface area contributed by atoms with Crippen LogP contribution < -0.4 is 0 Å². The summed E-state index contributed by atoms with van der Waals surface area (Å²) in [5.74, 6) is -4.83. The highest BCUT2D eigenvalue weighted by molar-refractivity contribution is 5.76. The SMILES string of the molecule is Cc1cc(C(C)C(=O)O)c(F)c(O)c1O. The molecule has 0 aliphatic carbocycles. The molecule has 4 nitrogen and oxygen atoms in total. The van der Waals surface area contributed by atoms with Gasteiger partial charge < -0.3 is 15.3 Å². The lowest BCUT2D eigenvalue weighted by molar-refractivity contribution is -0.138. The smallest absolute Gasteiger partial charge is 0.310 e. The summed E-state index contributed by atoms with van der Waals surface area (Å²) in [5.41, 5.74) is 0.0901. The lowest BCUT2D eigenvalue weighted by atomic mass is 9.98. The highest BCUT2D eigenvalue weighted by Crippen LogP contribution is 2.36. The molecule has 1 atom stereocenters. The van der Waals surface area contributed by atoms with Gasteiger partial charge in [0.25, 0.3) is 0 Å². The first-order valence-corrected chi connectivity index (χ1v) is 4.30. The van der Waals surface area contributed by atoms with Crippen molar-refractivity contribution >= 4 is 5.97 Å². The molecule has 5 heteroatoms. The number of phenols is 2. The number of aliphatic carboxylic acids is 1. The number of carbonyl (C=O) groups is 1. The summed E-state index contributed by atoms with van der Waals surface area (Å²) in [6.07, 6.45) is 0. The van der Waals surface area contributed by atoms with Crippen LogP contribution in [0.4, 0.5) is 4.39 Å². The van der Waals surface area contributed by atoms with Crippen molar-refractivity contribution in [2.24, 2.45) is 0 Å². The minimum atomic E-state index is -1.20. The second-order valence-electron chi connectivity index (χ2n) is 3.35. The van der Waals surface area contributed by atoms with E-state index >= 15 is 0 Å². The minimum absolute atomic E-state index is 0.143. The molecule has 0 amide bonds. The third-order valence-corrected chi connectivity index (χ3v) is 2.27. The Morgan fingerprint density at radius 2 is 1.93 bits per heavy atom. The van der Waals surface area contributed by atoms with Crippen LogP contribution >= 0.6 is 0 Å². The number of carboxylic acid groups (broad SMARTS) is 1. The van der Waals surface area contributed by atoms with E-state index in [9.17, 15) is 19.4 Å². The summed E-state index contributed by atoms with van der Waals surface area (Å²) in [7, 11) is 0. The Morgan fingerprint density at radius 3 is 2.40 bits per heavy atom. The topological polar surface area (TPSA) is 77.8 Å². The number of aryl methyl sites for hydroxylation is 1. The minimum Gasteiger partial charge on any atom is -0.504 e. The summed E-state index contributed by atoms with van der Waals surface area (Å²) in [4.78, 5) is 10.6. The molecule has 0 heterocycles. The Morgan fingerprint density at radius 1 is 1.40 bits per heavy atom. The number of benzene rings is 1. The van der Waals surface area contributed by atoms with Crippen LogP contribution in [0.2, 0.25) is 0 Å². The van der Waals surface area contributed by atoms with Crippen LogP contribution in [0, 0.1) is 12.7 Å². The van der Waals surface area contributed by atoms with Crippen molar-refractivity contribution < 1.29 is 24.5 Å². The standard InChI is InChI=1S/C10H11FO4/c1-4-3-6(5(2)10(14)15)7(11)9(13)8(4)12/h3,5,12-13H,1-2H3,(H,14,15). The number of aromatic hydroxyl groups is 2. The molecule has 0 saturated carbocycles. The van der Waals surface area contributed by atoms with E-state index in [1.807, 2.05) is 0 Å². The normalized spacial score (nSPS) is 12.5. The van der Waals surface area contributed by atoms with Gasteiger partial charge in [-0.3, -0.25) is 4.79 Å². The summed E-state index contributed by atoms with van der Waals surface area (Å²) in [6.45, 7) is 2.75. The molecule has 0 bridgehead atoms.